The Morgan fingerprint density at radius 3 is 2.45 bits per heavy atom. The van der Waals surface area contributed by atoms with Gasteiger partial charge in [-0.25, -0.2) is 0 Å². The molecule has 1 aliphatic carbocycles. The zero-order valence-electron chi connectivity index (χ0n) is 13.7. The maximum absolute atomic E-state index is 3.94. The second-order valence-electron chi connectivity index (χ2n) is 6.92. The summed E-state index contributed by atoms with van der Waals surface area (Å²) in [6, 6.07) is 0.748. The number of nitrogens with one attached hydrogen (secondary N) is 1. The Morgan fingerprint density at radius 1 is 1.05 bits per heavy atom. The van der Waals surface area contributed by atoms with Crippen molar-refractivity contribution in [3.63, 3.8) is 0 Å². The first-order valence-electron chi connectivity index (χ1n) is 8.60. The van der Waals surface area contributed by atoms with Crippen LogP contribution in [0.4, 0.5) is 0 Å². The van der Waals surface area contributed by atoms with E-state index < -0.39 is 0 Å². The topological polar surface area (TPSA) is 12.0 Å². The molecule has 1 nitrogen and oxygen atoms in total. The molecule has 0 bridgehead atoms. The van der Waals surface area contributed by atoms with E-state index in [-0.39, 0.29) is 0 Å². The molecule has 3 heteroatoms. The lowest BCUT2D eigenvalue weighted by molar-refractivity contribution is 0.168. The molecule has 1 saturated carbocycles. The third-order valence-electron chi connectivity index (χ3n) is 5.37. The molecule has 6 atom stereocenters. The van der Waals surface area contributed by atoms with E-state index in [1.165, 1.54) is 43.7 Å². The Kier molecular flexibility index (Phi) is 7.09. The number of hydrogen-bond donors (Lipinski definition) is 1. The summed E-state index contributed by atoms with van der Waals surface area (Å²) in [6.07, 6.45) is 5.58. The van der Waals surface area contributed by atoms with E-state index in [0.29, 0.717) is 0 Å². The summed E-state index contributed by atoms with van der Waals surface area (Å²) in [4.78, 5) is 0. The Morgan fingerprint density at radius 2 is 1.80 bits per heavy atom. The fourth-order valence-corrected chi connectivity index (χ4v) is 6.86. The van der Waals surface area contributed by atoms with Crippen molar-refractivity contribution < 1.29 is 0 Å². The van der Waals surface area contributed by atoms with E-state index in [4.69, 9.17) is 0 Å². The summed E-state index contributed by atoms with van der Waals surface area (Å²) >= 11 is 4.43. The maximum Gasteiger partial charge on any atom is 0.0320 e. The van der Waals surface area contributed by atoms with E-state index in [2.05, 4.69) is 56.5 Å². The Bertz CT molecular complexity index is 284. The van der Waals surface area contributed by atoms with Crippen molar-refractivity contribution in [2.24, 2.45) is 17.8 Å². The van der Waals surface area contributed by atoms with Gasteiger partial charge in [-0.05, 0) is 43.6 Å². The fraction of sp³-hybridized carbons (Fsp3) is 1.00. The molecule has 0 aromatic rings. The highest BCUT2D eigenvalue weighted by molar-refractivity contribution is 8.07. The van der Waals surface area contributed by atoms with Crippen molar-refractivity contribution in [3.05, 3.63) is 0 Å². The number of hydrogen-bond acceptors (Lipinski definition) is 3. The van der Waals surface area contributed by atoms with E-state index >= 15 is 0 Å². The molecule has 2 rings (SSSR count). The average molecular weight is 316 g/mol. The largest absolute Gasteiger partial charge is 0.313 e. The van der Waals surface area contributed by atoms with E-state index in [1.807, 2.05) is 0 Å². The van der Waals surface area contributed by atoms with Crippen molar-refractivity contribution in [1.82, 2.24) is 5.32 Å². The first-order chi connectivity index (χ1) is 9.63. The van der Waals surface area contributed by atoms with Crippen molar-refractivity contribution in [3.8, 4) is 0 Å². The molecule has 1 aliphatic heterocycles. The Balaban J connectivity index is 2.02. The minimum absolute atomic E-state index is 0.748. The monoisotopic (exact) mass is 315 g/mol. The second kappa shape index (κ2) is 8.33. The van der Waals surface area contributed by atoms with Crippen LogP contribution in [-0.4, -0.2) is 34.6 Å². The van der Waals surface area contributed by atoms with E-state index in [9.17, 15) is 0 Å². The molecule has 0 radical (unpaired) electrons. The quantitative estimate of drug-likeness (QED) is 0.792. The van der Waals surface area contributed by atoms with Crippen LogP contribution in [0.5, 0.6) is 0 Å². The highest BCUT2D eigenvalue weighted by Crippen LogP contribution is 2.41. The molecular weight excluding hydrogens is 282 g/mol. The van der Waals surface area contributed by atoms with Gasteiger partial charge in [-0.15, -0.1) is 0 Å². The van der Waals surface area contributed by atoms with Gasteiger partial charge < -0.3 is 5.32 Å². The molecule has 1 N–H and O–H groups in total. The molecule has 0 spiro atoms. The molecule has 0 aromatic carbocycles. The predicted octanol–water partition coefficient (Wildman–Crippen LogP) is 4.66. The molecule has 6 unspecified atom stereocenters. The summed E-state index contributed by atoms with van der Waals surface area (Å²) in [6.45, 7) is 10.9. The Labute approximate surface area is 134 Å². The lowest BCUT2D eigenvalue weighted by atomic mass is 9.72. The zero-order chi connectivity index (χ0) is 14.5. The summed E-state index contributed by atoms with van der Waals surface area (Å²) < 4.78 is 0. The van der Waals surface area contributed by atoms with Crippen LogP contribution in [0.15, 0.2) is 0 Å². The van der Waals surface area contributed by atoms with Crippen LogP contribution in [0, 0.1) is 17.8 Å². The van der Waals surface area contributed by atoms with Crippen molar-refractivity contribution in [1.29, 1.82) is 0 Å². The predicted molar refractivity (Wildman–Crippen MR) is 95.9 cm³/mol. The van der Waals surface area contributed by atoms with Crippen LogP contribution in [0.2, 0.25) is 0 Å². The van der Waals surface area contributed by atoms with E-state index in [0.717, 1.165) is 34.3 Å². The van der Waals surface area contributed by atoms with Gasteiger partial charge in [0.15, 0.2) is 0 Å². The van der Waals surface area contributed by atoms with Crippen LogP contribution >= 0.6 is 23.5 Å². The van der Waals surface area contributed by atoms with Gasteiger partial charge in [0.25, 0.3) is 0 Å². The minimum Gasteiger partial charge on any atom is -0.313 e. The van der Waals surface area contributed by atoms with Gasteiger partial charge in [-0.3, -0.25) is 0 Å². The lowest BCUT2D eigenvalue weighted by Gasteiger charge is -2.43. The Hall–Kier alpha value is 0.660. The van der Waals surface area contributed by atoms with Crippen molar-refractivity contribution >= 4 is 23.5 Å². The molecule has 0 amide bonds. The summed E-state index contributed by atoms with van der Waals surface area (Å²) in [5.41, 5.74) is 0. The van der Waals surface area contributed by atoms with Crippen molar-refractivity contribution in [2.45, 2.75) is 69.9 Å². The average Bonchev–Trinajstić information content (AvgIpc) is 2.44. The molecule has 0 aromatic heterocycles. The normalized spacial score (nSPS) is 40.5. The van der Waals surface area contributed by atoms with Gasteiger partial charge in [0.1, 0.15) is 0 Å². The lowest BCUT2D eigenvalue weighted by Crippen LogP contribution is -2.50. The number of rotatable bonds is 5. The summed E-state index contributed by atoms with van der Waals surface area (Å²) in [7, 11) is 0. The summed E-state index contributed by atoms with van der Waals surface area (Å²) in [5.74, 6) is 5.45. The molecule has 20 heavy (non-hydrogen) atoms. The standard InChI is InChI=1S/C17H33NS2/c1-5-8-18-16(17-14(4)19-9-10-20-17)15-7-6-12(2)13(3)11-15/h12-18H,5-11H2,1-4H3. The molecular formula is C17H33NS2. The van der Waals surface area contributed by atoms with Gasteiger partial charge in [0.2, 0.25) is 0 Å². The first kappa shape index (κ1) is 17.0. The van der Waals surface area contributed by atoms with Gasteiger partial charge >= 0.3 is 0 Å². The second-order valence-corrected chi connectivity index (χ2v) is 9.69. The SMILES string of the molecule is CCCNC(C1CCC(C)C(C)C1)C1SCCSC1C. The van der Waals surface area contributed by atoms with Crippen LogP contribution in [0.1, 0.15) is 53.4 Å². The highest BCUT2D eigenvalue weighted by atomic mass is 32.2. The molecule has 1 heterocycles. The van der Waals surface area contributed by atoms with Gasteiger partial charge in [0.05, 0.1) is 0 Å². The molecule has 118 valence electrons. The van der Waals surface area contributed by atoms with Gasteiger partial charge in [-0.1, -0.05) is 34.1 Å². The van der Waals surface area contributed by atoms with Crippen molar-refractivity contribution in [2.75, 3.05) is 18.1 Å². The minimum atomic E-state index is 0.748. The fourth-order valence-electron chi connectivity index (χ4n) is 3.82. The summed E-state index contributed by atoms with van der Waals surface area (Å²) in [5, 5.41) is 5.58. The first-order valence-corrected chi connectivity index (χ1v) is 10.7. The maximum atomic E-state index is 3.94. The third-order valence-corrected chi connectivity index (χ3v) is 8.58. The molecule has 1 saturated heterocycles. The number of thioether (sulfide) groups is 2. The van der Waals surface area contributed by atoms with E-state index in [1.54, 1.807) is 0 Å². The highest BCUT2D eigenvalue weighted by Gasteiger charge is 2.37. The van der Waals surface area contributed by atoms with Crippen LogP contribution in [0.3, 0.4) is 0 Å². The smallest absolute Gasteiger partial charge is 0.0320 e. The molecule has 2 fully saturated rings. The van der Waals surface area contributed by atoms with Crippen LogP contribution < -0.4 is 5.32 Å². The third kappa shape index (κ3) is 4.33. The molecule has 2 aliphatic rings. The van der Waals surface area contributed by atoms with Gasteiger partial charge in [0, 0.05) is 28.0 Å². The van der Waals surface area contributed by atoms with Gasteiger partial charge in [-0.2, -0.15) is 23.5 Å². The van der Waals surface area contributed by atoms with Crippen LogP contribution in [-0.2, 0) is 0 Å². The van der Waals surface area contributed by atoms with Crippen LogP contribution in [0.25, 0.3) is 0 Å². The zero-order valence-corrected chi connectivity index (χ0v) is 15.4.